The van der Waals surface area contributed by atoms with E-state index in [0.717, 1.165) is 0 Å². The van der Waals surface area contributed by atoms with Crippen LogP contribution >= 0.6 is 0 Å². The van der Waals surface area contributed by atoms with E-state index in [2.05, 4.69) is 37.3 Å². The Kier molecular flexibility index (Phi) is 3.22. The number of hydrogen-bond donors (Lipinski definition) is 2. The van der Waals surface area contributed by atoms with Gasteiger partial charge >= 0.3 is 0 Å². The van der Waals surface area contributed by atoms with Crippen molar-refractivity contribution in [2.45, 2.75) is 13.0 Å². The minimum atomic E-state index is 0.0103. The van der Waals surface area contributed by atoms with Crippen LogP contribution < -0.4 is 11.5 Å². The zero-order chi connectivity index (χ0) is 11.5. The Labute approximate surface area is 96.3 Å². The molecule has 2 atom stereocenters. The summed E-state index contributed by atoms with van der Waals surface area (Å²) in [4.78, 5) is 0. The molecule has 2 unspecified atom stereocenters. The molecule has 0 saturated carbocycles. The van der Waals surface area contributed by atoms with Crippen LogP contribution in [0, 0.1) is 5.92 Å². The van der Waals surface area contributed by atoms with E-state index in [9.17, 15) is 0 Å². The Bertz CT molecular complexity index is 474. The first-order chi connectivity index (χ1) is 7.74. The minimum Gasteiger partial charge on any atom is -0.330 e. The van der Waals surface area contributed by atoms with Crippen LogP contribution in [0.1, 0.15) is 18.5 Å². The summed E-state index contributed by atoms with van der Waals surface area (Å²) in [5.74, 6) is 0.297. The van der Waals surface area contributed by atoms with E-state index < -0.39 is 0 Å². The Morgan fingerprint density at radius 3 is 2.50 bits per heavy atom. The maximum atomic E-state index is 6.24. The van der Waals surface area contributed by atoms with Crippen LogP contribution in [-0.2, 0) is 0 Å². The summed E-state index contributed by atoms with van der Waals surface area (Å²) in [7, 11) is 0. The van der Waals surface area contributed by atoms with Crippen molar-refractivity contribution in [1.29, 1.82) is 0 Å². The predicted molar refractivity (Wildman–Crippen MR) is 69.1 cm³/mol. The van der Waals surface area contributed by atoms with Gasteiger partial charge in [0.25, 0.3) is 0 Å². The van der Waals surface area contributed by atoms with Crippen LogP contribution in [-0.4, -0.2) is 6.54 Å². The summed E-state index contributed by atoms with van der Waals surface area (Å²) in [6.45, 7) is 2.71. The summed E-state index contributed by atoms with van der Waals surface area (Å²) in [6, 6.07) is 14.6. The number of hydrogen-bond acceptors (Lipinski definition) is 2. The molecule has 0 fully saturated rings. The molecule has 2 aromatic carbocycles. The summed E-state index contributed by atoms with van der Waals surface area (Å²) >= 11 is 0. The second kappa shape index (κ2) is 4.64. The lowest BCUT2D eigenvalue weighted by Gasteiger charge is -2.20. The standard InChI is InChI=1S/C14H18N2/c1-10(9-15)14(16)13-8-4-6-11-5-2-3-7-12(11)13/h2-8,10,14H,9,15-16H2,1H3. The van der Waals surface area contributed by atoms with Crippen molar-refractivity contribution in [2.75, 3.05) is 6.54 Å². The largest absolute Gasteiger partial charge is 0.330 e. The molecule has 0 heterocycles. The quantitative estimate of drug-likeness (QED) is 0.824. The number of fused-ring (bicyclic) bond motifs is 1. The molecule has 0 radical (unpaired) electrons. The minimum absolute atomic E-state index is 0.0103. The molecule has 2 rings (SSSR count). The molecular weight excluding hydrogens is 196 g/mol. The van der Waals surface area contributed by atoms with Gasteiger partial charge in [-0.1, -0.05) is 49.4 Å². The highest BCUT2D eigenvalue weighted by Gasteiger charge is 2.15. The molecule has 2 nitrogen and oxygen atoms in total. The molecule has 0 spiro atoms. The van der Waals surface area contributed by atoms with E-state index in [1.807, 2.05) is 12.1 Å². The molecule has 0 aromatic heterocycles. The van der Waals surface area contributed by atoms with Gasteiger partial charge in [-0.15, -0.1) is 0 Å². The molecule has 2 heteroatoms. The molecule has 0 aliphatic rings. The van der Waals surface area contributed by atoms with Gasteiger partial charge < -0.3 is 11.5 Å². The van der Waals surface area contributed by atoms with Gasteiger partial charge in [0.05, 0.1) is 0 Å². The van der Waals surface area contributed by atoms with E-state index in [-0.39, 0.29) is 6.04 Å². The molecule has 2 aromatic rings. The highest BCUT2D eigenvalue weighted by molar-refractivity contribution is 5.86. The molecule has 84 valence electrons. The van der Waals surface area contributed by atoms with Crippen LogP contribution in [0.25, 0.3) is 10.8 Å². The first-order valence-corrected chi connectivity index (χ1v) is 5.67. The summed E-state index contributed by atoms with van der Waals surface area (Å²) in [6.07, 6.45) is 0. The highest BCUT2D eigenvalue weighted by Crippen LogP contribution is 2.26. The third-order valence-corrected chi connectivity index (χ3v) is 3.17. The lowest BCUT2D eigenvalue weighted by molar-refractivity contribution is 0.484. The van der Waals surface area contributed by atoms with Crippen molar-refractivity contribution < 1.29 is 0 Å². The van der Waals surface area contributed by atoms with E-state index in [1.165, 1.54) is 16.3 Å². The third kappa shape index (κ3) is 1.94. The van der Waals surface area contributed by atoms with E-state index in [4.69, 9.17) is 11.5 Å². The number of benzene rings is 2. The average molecular weight is 214 g/mol. The van der Waals surface area contributed by atoms with Crippen molar-refractivity contribution in [3.8, 4) is 0 Å². The SMILES string of the molecule is CC(CN)C(N)c1cccc2ccccc12. The Morgan fingerprint density at radius 1 is 1.06 bits per heavy atom. The van der Waals surface area contributed by atoms with E-state index in [1.54, 1.807) is 0 Å². The lowest BCUT2D eigenvalue weighted by atomic mass is 9.91. The van der Waals surface area contributed by atoms with Gasteiger partial charge in [-0.05, 0) is 28.8 Å². The topological polar surface area (TPSA) is 52.0 Å². The molecule has 0 bridgehead atoms. The van der Waals surface area contributed by atoms with Gasteiger partial charge in [-0.2, -0.15) is 0 Å². The van der Waals surface area contributed by atoms with Gasteiger partial charge in [0.1, 0.15) is 0 Å². The van der Waals surface area contributed by atoms with Crippen LogP contribution in [0.2, 0.25) is 0 Å². The summed E-state index contributed by atoms with van der Waals surface area (Å²) in [5, 5.41) is 2.47. The van der Waals surface area contributed by atoms with Crippen molar-refractivity contribution in [3.05, 3.63) is 48.0 Å². The van der Waals surface area contributed by atoms with Crippen molar-refractivity contribution >= 4 is 10.8 Å². The number of rotatable bonds is 3. The smallest absolute Gasteiger partial charge is 0.0339 e. The molecular formula is C14H18N2. The van der Waals surface area contributed by atoms with Crippen molar-refractivity contribution in [1.82, 2.24) is 0 Å². The van der Waals surface area contributed by atoms with Crippen LogP contribution in [0.4, 0.5) is 0 Å². The molecule has 0 amide bonds. The maximum Gasteiger partial charge on any atom is 0.0339 e. The first-order valence-electron chi connectivity index (χ1n) is 5.67. The normalized spacial score (nSPS) is 14.9. The molecule has 0 aliphatic heterocycles. The maximum absolute atomic E-state index is 6.24. The van der Waals surface area contributed by atoms with Crippen LogP contribution in [0.15, 0.2) is 42.5 Å². The lowest BCUT2D eigenvalue weighted by Crippen LogP contribution is -2.25. The number of nitrogens with two attached hydrogens (primary N) is 2. The van der Waals surface area contributed by atoms with E-state index >= 15 is 0 Å². The summed E-state index contributed by atoms with van der Waals surface area (Å²) in [5.41, 5.74) is 13.1. The zero-order valence-electron chi connectivity index (χ0n) is 9.56. The average Bonchev–Trinajstić information content (AvgIpc) is 2.36. The Hall–Kier alpha value is -1.38. The second-order valence-electron chi connectivity index (χ2n) is 4.31. The molecule has 16 heavy (non-hydrogen) atoms. The van der Waals surface area contributed by atoms with Gasteiger partial charge in [0.15, 0.2) is 0 Å². The monoisotopic (exact) mass is 214 g/mol. The van der Waals surface area contributed by atoms with Gasteiger partial charge in [-0.25, -0.2) is 0 Å². The summed E-state index contributed by atoms with van der Waals surface area (Å²) < 4.78 is 0. The first kappa shape index (κ1) is 11.1. The van der Waals surface area contributed by atoms with Crippen molar-refractivity contribution in [2.24, 2.45) is 17.4 Å². The third-order valence-electron chi connectivity index (χ3n) is 3.17. The molecule has 4 N–H and O–H groups in total. The van der Waals surface area contributed by atoms with Crippen molar-refractivity contribution in [3.63, 3.8) is 0 Å². The van der Waals surface area contributed by atoms with Gasteiger partial charge in [-0.3, -0.25) is 0 Å². The zero-order valence-corrected chi connectivity index (χ0v) is 9.56. The highest BCUT2D eigenvalue weighted by atomic mass is 14.7. The fourth-order valence-corrected chi connectivity index (χ4v) is 1.99. The van der Waals surface area contributed by atoms with E-state index in [0.29, 0.717) is 12.5 Å². The van der Waals surface area contributed by atoms with Crippen LogP contribution in [0.5, 0.6) is 0 Å². The Morgan fingerprint density at radius 2 is 1.75 bits per heavy atom. The Balaban J connectivity index is 2.52. The van der Waals surface area contributed by atoms with Gasteiger partial charge in [0, 0.05) is 6.04 Å². The second-order valence-corrected chi connectivity index (χ2v) is 4.31. The fraction of sp³-hybridized carbons (Fsp3) is 0.286. The predicted octanol–water partition coefficient (Wildman–Crippen LogP) is 2.43. The fourth-order valence-electron chi connectivity index (χ4n) is 1.99. The molecule has 0 aliphatic carbocycles. The van der Waals surface area contributed by atoms with Gasteiger partial charge in [0.2, 0.25) is 0 Å². The van der Waals surface area contributed by atoms with Crippen LogP contribution in [0.3, 0.4) is 0 Å². The molecule has 0 saturated heterocycles.